The van der Waals surface area contributed by atoms with Gasteiger partial charge in [-0.25, -0.2) is 4.79 Å². The van der Waals surface area contributed by atoms with Crippen LogP contribution in [0.1, 0.15) is 17.3 Å². The second-order valence-electron chi connectivity index (χ2n) is 2.55. The van der Waals surface area contributed by atoms with E-state index in [1.807, 2.05) is 0 Å². The fourth-order valence-corrected chi connectivity index (χ4v) is 1.38. The number of hydrogen-bond donors (Lipinski definition) is 2. The second-order valence-corrected chi connectivity index (χ2v) is 3.47. The Morgan fingerprint density at radius 3 is 2.93 bits per heavy atom. The van der Waals surface area contributed by atoms with E-state index >= 15 is 0 Å². The van der Waals surface area contributed by atoms with Crippen LogP contribution in [0.15, 0.2) is 22.7 Å². The molecule has 0 atom stereocenters. The molecule has 1 aromatic rings. The van der Waals surface area contributed by atoms with Gasteiger partial charge in [-0.3, -0.25) is 5.84 Å². The number of carbonyl (C=O) groups is 1. The minimum atomic E-state index is -0.387. The van der Waals surface area contributed by atoms with Crippen molar-refractivity contribution in [2.45, 2.75) is 6.92 Å². The molecule has 0 fully saturated rings. The highest BCUT2D eigenvalue weighted by Gasteiger charge is 2.11. The van der Waals surface area contributed by atoms with E-state index in [9.17, 15) is 4.79 Å². The molecule has 4 nitrogen and oxygen atoms in total. The minimum Gasteiger partial charge on any atom is -0.462 e. The number of nitrogens with two attached hydrogens (primary N) is 1. The summed E-state index contributed by atoms with van der Waals surface area (Å²) in [6, 6.07) is 5.15. The maximum atomic E-state index is 11.4. The van der Waals surface area contributed by atoms with Crippen LogP contribution in [0, 0.1) is 0 Å². The third-order valence-corrected chi connectivity index (χ3v) is 2.13. The Balaban J connectivity index is 3.03. The molecule has 0 radical (unpaired) electrons. The molecule has 0 heterocycles. The third-order valence-electron chi connectivity index (χ3n) is 1.63. The Morgan fingerprint density at radius 2 is 2.36 bits per heavy atom. The number of anilines is 1. The molecule has 1 rings (SSSR count). The average molecular weight is 259 g/mol. The Labute approximate surface area is 90.5 Å². The van der Waals surface area contributed by atoms with Crippen LogP contribution in [0.3, 0.4) is 0 Å². The molecule has 0 spiro atoms. The van der Waals surface area contributed by atoms with Crippen LogP contribution in [-0.2, 0) is 4.74 Å². The standard InChI is InChI=1S/C9H11BrN2O2/c1-2-14-9(13)7-5-6(10)3-4-8(7)12-11/h3-5,12H,2,11H2,1H3. The lowest BCUT2D eigenvalue weighted by Crippen LogP contribution is -2.13. The first-order chi connectivity index (χ1) is 6.69. The molecule has 0 saturated heterocycles. The van der Waals surface area contributed by atoms with Gasteiger partial charge >= 0.3 is 5.97 Å². The summed E-state index contributed by atoms with van der Waals surface area (Å²) in [6.45, 7) is 2.10. The number of ether oxygens (including phenoxy) is 1. The Hall–Kier alpha value is -1.07. The van der Waals surface area contributed by atoms with Gasteiger partial charge in [0.2, 0.25) is 0 Å². The molecule has 0 aliphatic rings. The van der Waals surface area contributed by atoms with Crippen LogP contribution >= 0.6 is 15.9 Å². The first-order valence-electron chi connectivity index (χ1n) is 4.12. The lowest BCUT2D eigenvalue weighted by atomic mass is 10.2. The molecule has 0 aliphatic carbocycles. The zero-order valence-corrected chi connectivity index (χ0v) is 9.30. The molecule has 14 heavy (non-hydrogen) atoms. The largest absolute Gasteiger partial charge is 0.462 e. The van der Waals surface area contributed by atoms with Crippen LogP contribution in [0.2, 0.25) is 0 Å². The highest BCUT2D eigenvalue weighted by Crippen LogP contribution is 2.20. The number of hydrazine groups is 1. The number of rotatable bonds is 3. The maximum Gasteiger partial charge on any atom is 0.340 e. The van der Waals surface area contributed by atoms with E-state index in [-0.39, 0.29) is 5.97 Å². The van der Waals surface area contributed by atoms with Crippen molar-refractivity contribution in [3.8, 4) is 0 Å². The first kappa shape index (κ1) is 11.0. The Bertz CT molecular complexity index is 342. The highest BCUT2D eigenvalue weighted by atomic mass is 79.9. The van der Waals surface area contributed by atoms with Gasteiger partial charge in [-0.1, -0.05) is 15.9 Å². The number of carbonyl (C=O) groups excluding carboxylic acids is 1. The third kappa shape index (κ3) is 2.46. The van der Waals surface area contributed by atoms with Crippen molar-refractivity contribution in [3.05, 3.63) is 28.2 Å². The van der Waals surface area contributed by atoms with Crippen molar-refractivity contribution in [1.82, 2.24) is 0 Å². The first-order valence-corrected chi connectivity index (χ1v) is 4.91. The lowest BCUT2D eigenvalue weighted by Gasteiger charge is -2.08. The van der Waals surface area contributed by atoms with Crippen molar-refractivity contribution in [3.63, 3.8) is 0 Å². The number of nitrogen functional groups attached to an aromatic ring is 1. The molecule has 0 bridgehead atoms. The van der Waals surface area contributed by atoms with Crippen LogP contribution in [0.5, 0.6) is 0 Å². The van der Waals surface area contributed by atoms with E-state index < -0.39 is 0 Å². The minimum absolute atomic E-state index is 0.343. The number of esters is 1. The van der Waals surface area contributed by atoms with E-state index in [1.165, 1.54) is 0 Å². The fraction of sp³-hybridized carbons (Fsp3) is 0.222. The van der Waals surface area contributed by atoms with Gasteiger partial charge in [0.25, 0.3) is 0 Å². The van der Waals surface area contributed by atoms with E-state index in [4.69, 9.17) is 10.6 Å². The van der Waals surface area contributed by atoms with Gasteiger partial charge in [-0.2, -0.15) is 0 Å². The van der Waals surface area contributed by atoms with Gasteiger partial charge in [0, 0.05) is 4.47 Å². The van der Waals surface area contributed by atoms with Gasteiger partial charge in [0.05, 0.1) is 17.9 Å². The Morgan fingerprint density at radius 1 is 1.64 bits per heavy atom. The van der Waals surface area contributed by atoms with Gasteiger partial charge in [0.1, 0.15) is 0 Å². The summed E-state index contributed by atoms with van der Waals surface area (Å²) in [5, 5.41) is 0. The van der Waals surface area contributed by atoms with Crippen molar-refractivity contribution >= 4 is 27.6 Å². The summed E-state index contributed by atoms with van der Waals surface area (Å²) >= 11 is 3.27. The SMILES string of the molecule is CCOC(=O)c1cc(Br)ccc1NN. The molecule has 1 aromatic carbocycles. The topological polar surface area (TPSA) is 64.3 Å². The van der Waals surface area contributed by atoms with Crippen molar-refractivity contribution in [1.29, 1.82) is 0 Å². The lowest BCUT2D eigenvalue weighted by molar-refractivity contribution is 0.0527. The fourth-order valence-electron chi connectivity index (χ4n) is 1.02. The zero-order chi connectivity index (χ0) is 10.6. The number of hydrogen-bond acceptors (Lipinski definition) is 4. The number of benzene rings is 1. The molecule has 76 valence electrons. The molecule has 0 aliphatic heterocycles. The van der Waals surface area contributed by atoms with E-state index in [1.54, 1.807) is 25.1 Å². The molecule has 0 amide bonds. The van der Waals surface area contributed by atoms with Gasteiger partial charge < -0.3 is 10.2 Å². The van der Waals surface area contributed by atoms with E-state index in [0.29, 0.717) is 17.9 Å². The summed E-state index contributed by atoms with van der Waals surface area (Å²) in [5.41, 5.74) is 3.41. The molecule has 5 heteroatoms. The number of halogens is 1. The smallest absolute Gasteiger partial charge is 0.340 e. The van der Waals surface area contributed by atoms with E-state index in [0.717, 1.165) is 4.47 Å². The van der Waals surface area contributed by atoms with Gasteiger partial charge in [-0.05, 0) is 25.1 Å². The van der Waals surface area contributed by atoms with Gasteiger partial charge in [-0.15, -0.1) is 0 Å². The van der Waals surface area contributed by atoms with Crippen LogP contribution in [0.4, 0.5) is 5.69 Å². The van der Waals surface area contributed by atoms with E-state index in [2.05, 4.69) is 21.4 Å². The molecule has 0 unspecified atom stereocenters. The van der Waals surface area contributed by atoms with Crippen LogP contribution in [0.25, 0.3) is 0 Å². The predicted molar refractivity (Wildman–Crippen MR) is 57.9 cm³/mol. The molecule has 0 saturated carbocycles. The number of nitrogens with one attached hydrogen (secondary N) is 1. The summed E-state index contributed by atoms with van der Waals surface area (Å²) in [5.74, 6) is 4.87. The highest BCUT2D eigenvalue weighted by molar-refractivity contribution is 9.10. The monoisotopic (exact) mass is 258 g/mol. The summed E-state index contributed by atoms with van der Waals surface area (Å²) in [7, 11) is 0. The summed E-state index contributed by atoms with van der Waals surface area (Å²) < 4.78 is 5.68. The molecule has 0 aromatic heterocycles. The van der Waals surface area contributed by atoms with Crippen molar-refractivity contribution < 1.29 is 9.53 Å². The normalized spacial score (nSPS) is 9.64. The quantitative estimate of drug-likeness (QED) is 0.494. The van der Waals surface area contributed by atoms with Crippen LogP contribution in [-0.4, -0.2) is 12.6 Å². The molecular weight excluding hydrogens is 248 g/mol. The van der Waals surface area contributed by atoms with Gasteiger partial charge in [0.15, 0.2) is 0 Å². The molecular formula is C9H11BrN2O2. The zero-order valence-electron chi connectivity index (χ0n) is 7.71. The molecule has 3 N–H and O–H groups in total. The van der Waals surface area contributed by atoms with Crippen molar-refractivity contribution in [2.24, 2.45) is 5.84 Å². The Kier molecular flexibility index (Phi) is 3.91. The predicted octanol–water partition coefficient (Wildman–Crippen LogP) is 1.91. The van der Waals surface area contributed by atoms with Crippen molar-refractivity contribution in [2.75, 3.05) is 12.0 Å². The van der Waals surface area contributed by atoms with Crippen LogP contribution < -0.4 is 11.3 Å². The maximum absolute atomic E-state index is 11.4. The average Bonchev–Trinajstić information content (AvgIpc) is 2.18. The summed E-state index contributed by atoms with van der Waals surface area (Å²) in [4.78, 5) is 11.4. The summed E-state index contributed by atoms with van der Waals surface area (Å²) in [6.07, 6.45) is 0. The second kappa shape index (κ2) is 4.97.